The third-order valence-corrected chi connectivity index (χ3v) is 7.44. The summed E-state index contributed by atoms with van der Waals surface area (Å²) in [5.41, 5.74) is 1.72. The average molecular weight is 484 g/mol. The molecule has 3 aromatic carbocycles. The highest BCUT2D eigenvalue weighted by Gasteiger charge is 2.24. The number of carbonyl (C=O) groups is 1. The summed E-state index contributed by atoms with van der Waals surface area (Å²) in [6.45, 7) is 2.44. The van der Waals surface area contributed by atoms with E-state index in [1.54, 1.807) is 36.4 Å². The van der Waals surface area contributed by atoms with Crippen LogP contribution in [0.5, 0.6) is 0 Å². The summed E-state index contributed by atoms with van der Waals surface area (Å²) < 4.78 is 28.2. The van der Waals surface area contributed by atoms with Gasteiger partial charge in [-0.15, -0.1) is 0 Å². The highest BCUT2D eigenvalue weighted by atomic mass is 35.5. The molecule has 0 aliphatic carbocycles. The van der Waals surface area contributed by atoms with Crippen LogP contribution in [-0.2, 0) is 10.0 Å². The molecule has 0 radical (unpaired) electrons. The molecule has 0 aromatic heterocycles. The number of anilines is 1. The van der Waals surface area contributed by atoms with Crippen LogP contribution in [0.4, 0.5) is 5.69 Å². The molecule has 1 aliphatic heterocycles. The second-order valence-electron chi connectivity index (χ2n) is 7.99. The molecule has 1 aliphatic rings. The molecule has 1 amide bonds. The molecule has 1 saturated heterocycles. The minimum Gasteiger partial charge on any atom is -0.350 e. The van der Waals surface area contributed by atoms with Gasteiger partial charge in [0.2, 0.25) is 0 Å². The summed E-state index contributed by atoms with van der Waals surface area (Å²) in [6, 6.07) is 22.8. The van der Waals surface area contributed by atoms with E-state index in [-0.39, 0.29) is 28.1 Å². The van der Waals surface area contributed by atoms with Gasteiger partial charge in [0.25, 0.3) is 15.9 Å². The van der Waals surface area contributed by atoms with E-state index < -0.39 is 10.0 Å². The van der Waals surface area contributed by atoms with Crippen molar-refractivity contribution in [3.8, 4) is 0 Å². The van der Waals surface area contributed by atoms with E-state index in [1.807, 2.05) is 18.2 Å². The van der Waals surface area contributed by atoms with Crippen molar-refractivity contribution in [2.45, 2.75) is 23.8 Å². The Labute approximate surface area is 199 Å². The summed E-state index contributed by atoms with van der Waals surface area (Å²) in [5.74, 6) is -0.315. The van der Waals surface area contributed by atoms with Crippen LogP contribution in [0.25, 0.3) is 0 Å². The predicted molar refractivity (Wildman–Crippen MR) is 131 cm³/mol. The van der Waals surface area contributed by atoms with Gasteiger partial charge in [-0.2, -0.15) is 0 Å². The molecule has 33 heavy (non-hydrogen) atoms. The first-order valence-corrected chi connectivity index (χ1v) is 12.7. The van der Waals surface area contributed by atoms with E-state index in [0.29, 0.717) is 11.6 Å². The molecule has 1 atom stereocenters. The number of halogens is 1. The van der Waals surface area contributed by atoms with Crippen molar-refractivity contribution in [1.82, 2.24) is 10.2 Å². The lowest BCUT2D eigenvalue weighted by molar-refractivity contribution is 0.0937. The van der Waals surface area contributed by atoms with Gasteiger partial charge in [0.05, 0.1) is 21.6 Å². The standard InChI is InChI=1S/C25H26ClN3O3S/c26-22-13-4-5-14-23(22)28-33(31,32)21-12-8-11-20(17-21)25(30)27-18-24(29-15-6-7-16-29)19-9-2-1-3-10-19/h1-5,8-14,17,24,28H,6-7,15-16,18H2,(H,27,30)/t24-/m1/s1. The van der Waals surface area contributed by atoms with Gasteiger partial charge in [0.15, 0.2) is 0 Å². The van der Waals surface area contributed by atoms with E-state index in [1.165, 1.54) is 12.1 Å². The Balaban J connectivity index is 1.48. The summed E-state index contributed by atoms with van der Waals surface area (Å²) in [5, 5.41) is 3.29. The number of hydrogen-bond acceptors (Lipinski definition) is 4. The molecule has 6 nitrogen and oxygen atoms in total. The average Bonchev–Trinajstić information content (AvgIpc) is 3.36. The van der Waals surface area contributed by atoms with Gasteiger partial charge in [0.1, 0.15) is 0 Å². The molecule has 0 spiro atoms. The van der Waals surface area contributed by atoms with Gasteiger partial charge < -0.3 is 5.32 Å². The van der Waals surface area contributed by atoms with Crippen LogP contribution in [0, 0.1) is 0 Å². The fourth-order valence-corrected chi connectivity index (χ4v) is 5.39. The second-order valence-corrected chi connectivity index (χ2v) is 10.1. The van der Waals surface area contributed by atoms with Gasteiger partial charge in [-0.05, 0) is 61.8 Å². The first-order chi connectivity index (χ1) is 15.9. The van der Waals surface area contributed by atoms with Gasteiger partial charge in [-0.3, -0.25) is 14.4 Å². The van der Waals surface area contributed by atoms with Crippen LogP contribution >= 0.6 is 11.6 Å². The highest BCUT2D eigenvalue weighted by Crippen LogP contribution is 2.26. The lowest BCUT2D eigenvalue weighted by Gasteiger charge is -2.28. The molecule has 3 aromatic rings. The number of likely N-dealkylation sites (tertiary alicyclic amines) is 1. The number of amides is 1. The van der Waals surface area contributed by atoms with Crippen molar-refractivity contribution in [3.05, 3.63) is 95.0 Å². The Hall–Kier alpha value is -2.87. The summed E-state index contributed by atoms with van der Waals surface area (Å²) in [4.78, 5) is 15.3. The smallest absolute Gasteiger partial charge is 0.261 e. The van der Waals surface area contributed by atoms with Crippen molar-refractivity contribution in [3.63, 3.8) is 0 Å². The van der Waals surface area contributed by atoms with E-state index in [2.05, 4.69) is 27.1 Å². The Morgan fingerprint density at radius 1 is 0.939 bits per heavy atom. The molecular weight excluding hydrogens is 458 g/mol. The number of nitrogens with zero attached hydrogens (tertiary/aromatic N) is 1. The van der Waals surface area contributed by atoms with Crippen LogP contribution in [0.1, 0.15) is 34.8 Å². The number of para-hydroxylation sites is 1. The molecule has 0 saturated carbocycles. The van der Waals surface area contributed by atoms with Crippen molar-refractivity contribution in [1.29, 1.82) is 0 Å². The zero-order valence-corrected chi connectivity index (χ0v) is 19.6. The Kier molecular flexibility index (Phi) is 7.33. The van der Waals surface area contributed by atoms with Crippen LogP contribution in [0.3, 0.4) is 0 Å². The molecule has 172 valence electrons. The zero-order chi connectivity index (χ0) is 23.3. The highest BCUT2D eigenvalue weighted by molar-refractivity contribution is 7.92. The Morgan fingerprint density at radius 2 is 1.64 bits per heavy atom. The topological polar surface area (TPSA) is 78.5 Å². The first kappa shape index (κ1) is 23.3. The molecule has 1 heterocycles. The predicted octanol–water partition coefficient (Wildman–Crippen LogP) is 4.71. The third kappa shape index (κ3) is 5.74. The molecule has 0 bridgehead atoms. The van der Waals surface area contributed by atoms with E-state index in [0.717, 1.165) is 31.5 Å². The van der Waals surface area contributed by atoms with Crippen LogP contribution in [-0.4, -0.2) is 38.9 Å². The maximum atomic E-state index is 12.9. The minimum absolute atomic E-state index is 0.00535. The lowest BCUT2D eigenvalue weighted by Crippen LogP contribution is -2.36. The van der Waals surface area contributed by atoms with Crippen molar-refractivity contribution in [2.24, 2.45) is 0 Å². The van der Waals surface area contributed by atoms with E-state index in [9.17, 15) is 13.2 Å². The minimum atomic E-state index is -3.90. The van der Waals surface area contributed by atoms with E-state index in [4.69, 9.17) is 11.6 Å². The SMILES string of the molecule is O=C(NC[C@H](c1ccccc1)N1CCCC1)c1cccc(S(=O)(=O)Nc2ccccc2Cl)c1. The molecule has 2 N–H and O–H groups in total. The molecule has 1 fully saturated rings. The third-order valence-electron chi connectivity index (χ3n) is 5.75. The van der Waals surface area contributed by atoms with Gasteiger partial charge in [-0.1, -0.05) is 60.1 Å². The van der Waals surface area contributed by atoms with Crippen LogP contribution in [0.2, 0.25) is 5.02 Å². The van der Waals surface area contributed by atoms with Crippen LogP contribution < -0.4 is 10.0 Å². The maximum Gasteiger partial charge on any atom is 0.261 e. The molecule has 0 unspecified atom stereocenters. The number of carbonyl (C=O) groups excluding carboxylic acids is 1. The normalized spacial score (nSPS) is 15.2. The van der Waals surface area contributed by atoms with Gasteiger partial charge in [-0.25, -0.2) is 8.42 Å². The number of nitrogens with one attached hydrogen (secondary N) is 2. The zero-order valence-electron chi connectivity index (χ0n) is 18.1. The fraction of sp³-hybridized carbons (Fsp3) is 0.240. The molecule has 8 heteroatoms. The van der Waals surface area contributed by atoms with E-state index >= 15 is 0 Å². The summed E-state index contributed by atoms with van der Waals surface area (Å²) >= 11 is 6.08. The number of rotatable bonds is 8. The van der Waals surface area contributed by atoms with Crippen LogP contribution in [0.15, 0.2) is 83.8 Å². The molecular formula is C25H26ClN3O3S. The largest absolute Gasteiger partial charge is 0.350 e. The summed E-state index contributed by atoms with van der Waals surface area (Å²) in [6.07, 6.45) is 2.30. The van der Waals surface area contributed by atoms with Crippen molar-refractivity contribution < 1.29 is 13.2 Å². The van der Waals surface area contributed by atoms with Gasteiger partial charge >= 0.3 is 0 Å². The fourth-order valence-electron chi connectivity index (χ4n) is 4.03. The Morgan fingerprint density at radius 3 is 2.36 bits per heavy atom. The van der Waals surface area contributed by atoms with Crippen molar-refractivity contribution in [2.75, 3.05) is 24.4 Å². The lowest BCUT2D eigenvalue weighted by atomic mass is 10.1. The summed E-state index contributed by atoms with van der Waals surface area (Å²) in [7, 11) is -3.90. The second kappa shape index (κ2) is 10.4. The maximum absolute atomic E-state index is 12.9. The monoisotopic (exact) mass is 483 g/mol. The number of hydrogen-bond donors (Lipinski definition) is 2. The quantitative estimate of drug-likeness (QED) is 0.486. The van der Waals surface area contributed by atoms with Gasteiger partial charge in [0, 0.05) is 12.1 Å². The number of benzene rings is 3. The molecule has 4 rings (SSSR count). The number of sulfonamides is 1. The Bertz CT molecular complexity index is 1210. The first-order valence-electron chi connectivity index (χ1n) is 10.9. The van der Waals surface area contributed by atoms with Crippen molar-refractivity contribution >= 4 is 33.2 Å².